The highest BCUT2D eigenvalue weighted by Crippen LogP contribution is 2.19. The van der Waals surface area contributed by atoms with Gasteiger partial charge in [-0.1, -0.05) is 18.2 Å². The predicted molar refractivity (Wildman–Crippen MR) is 74.4 cm³/mol. The molecule has 0 amide bonds. The average Bonchev–Trinajstić information content (AvgIpc) is 3.26. The van der Waals surface area contributed by atoms with E-state index in [2.05, 4.69) is 5.32 Å². The molecule has 0 aliphatic heterocycles. The van der Waals surface area contributed by atoms with Gasteiger partial charge in [-0.25, -0.2) is 0 Å². The highest BCUT2D eigenvalue weighted by atomic mass is 16.5. The van der Waals surface area contributed by atoms with Crippen LogP contribution in [0.2, 0.25) is 0 Å². The van der Waals surface area contributed by atoms with Crippen molar-refractivity contribution in [3.05, 3.63) is 30.3 Å². The molecule has 1 aliphatic carbocycles. The summed E-state index contributed by atoms with van der Waals surface area (Å²) in [5.74, 6) is 0.870. The summed E-state index contributed by atoms with van der Waals surface area (Å²) in [5, 5.41) is 12.6. The zero-order valence-corrected chi connectivity index (χ0v) is 11.3. The molecule has 2 rings (SSSR count). The molecule has 1 aliphatic rings. The van der Waals surface area contributed by atoms with E-state index in [1.165, 1.54) is 12.8 Å². The second-order valence-electron chi connectivity index (χ2n) is 4.88. The zero-order valence-electron chi connectivity index (χ0n) is 11.3. The van der Waals surface area contributed by atoms with Crippen LogP contribution in [-0.2, 0) is 4.74 Å². The molecule has 1 aromatic carbocycles. The van der Waals surface area contributed by atoms with Crippen LogP contribution in [0.1, 0.15) is 19.3 Å². The monoisotopic (exact) mass is 265 g/mol. The summed E-state index contributed by atoms with van der Waals surface area (Å²) in [5.41, 5.74) is 0. The first-order chi connectivity index (χ1) is 9.38. The first kappa shape index (κ1) is 14.3. The van der Waals surface area contributed by atoms with E-state index in [1.54, 1.807) is 0 Å². The molecule has 1 unspecified atom stereocenters. The number of ether oxygens (including phenoxy) is 2. The normalized spacial score (nSPS) is 16.3. The number of aliphatic hydroxyl groups excluding tert-OH is 1. The molecular formula is C15H23NO3. The molecule has 1 saturated carbocycles. The largest absolute Gasteiger partial charge is 0.491 e. The fraction of sp³-hybridized carbons (Fsp3) is 0.600. The van der Waals surface area contributed by atoms with Crippen LogP contribution in [0.15, 0.2) is 30.3 Å². The van der Waals surface area contributed by atoms with Crippen LogP contribution < -0.4 is 10.1 Å². The highest BCUT2D eigenvalue weighted by molar-refractivity contribution is 5.20. The van der Waals surface area contributed by atoms with Gasteiger partial charge in [0.2, 0.25) is 0 Å². The molecule has 0 heterocycles. The van der Waals surface area contributed by atoms with E-state index in [4.69, 9.17) is 9.47 Å². The lowest BCUT2D eigenvalue weighted by Crippen LogP contribution is -2.35. The molecule has 4 nitrogen and oxygen atoms in total. The van der Waals surface area contributed by atoms with Crippen molar-refractivity contribution in [3.63, 3.8) is 0 Å². The Morgan fingerprint density at radius 2 is 1.95 bits per heavy atom. The molecule has 1 aromatic rings. The van der Waals surface area contributed by atoms with Gasteiger partial charge in [0.05, 0.1) is 13.2 Å². The molecule has 106 valence electrons. The summed E-state index contributed by atoms with van der Waals surface area (Å²) in [7, 11) is 0. The topological polar surface area (TPSA) is 50.7 Å². The number of hydrogen-bond acceptors (Lipinski definition) is 4. The Labute approximate surface area is 114 Å². The molecule has 2 N–H and O–H groups in total. The van der Waals surface area contributed by atoms with Crippen LogP contribution >= 0.6 is 0 Å². The van der Waals surface area contributed by atoms with Gasteiger partial charge in [-0.3, -0.25) is 0 Å². The molecule has 19 heavy (non-hydrogen) atoms. The van der Waals surface area contributed by atoms with Gasteiger partial charge in [-0.05, 0) is 31.4 Å². The molecule has 0 aromatic heterocycles. The molecular weight excluding hydrogens is 242 g/mol. The maximum absolute atomic E-state index is 9.21. The van der Waals surface area contributed by atoms with Crippen molar-refractivity contribution in [2.45, 2.75) is 31.3 Å². The van der Waals surface area contributed by atoms with Crippen molar-refractivity contribution >= 4 is 0 Å². The summed E-state index contributed by atoms with van der Waals surface area (Å²) >= 11 is 0. The van der Waals surface area contributed by atoms with E-state index >= 15 is 0 Å². The van der Waals surface area contributed by atoms with Gasteiger partial charge >= 0.3 is 0 Å². The lowest BCUT2D eigenvalue weighted by molar-refractivity contribution is 0.0869. The summed E-state index contributed by atoms with van der Waals surface area (Å²) in [6.45, 7) is 1.98. The van der Waals surface area contributed by atoms with Gasteiger partial charge in [-0.15, -0.1) is 0 Å². The fourth-order valence-electron chi connectivity index (χ4n) is 1.87. The minimum atomic E-state index is 0.169. The summed E-state index contributed by atoms with van der Waals surface area (Å²) in [6.07, 6.45) is 3.32. The lowest BCUT2D eigenvalue weighted by atomic mass is 10.2. The van der Waals surface area contributed by atoms with Gasteiger partial charge in [0, 0.05) is 18.7 Å². The first-order valence-corrected chi connectivity index (χ1v) is 7.01. The Hall–Kier alpha value is -1.10. The Kier molecular flexibility index (Phi) is 6.14. The quantitative estimate of drug-likeness (QED) is 0.631. The standard InChI is InChI=1S/C15H23NO3/c17-12-14(16-13-6-7-13)8-9-18-10-11-19-15-4-2-1-3-5-15/h1-5,13-14,16-17H,6-12H2. The van der Waals surface area contributed by atoms with Crippen molar-refractivity contribution < 1.29 is 14.6 Å². The van der Waals surface area contributed by atoms with Crippen molar-refractivity contribution in [2.75, 3.05) is 26.4 Å². The Morgan fingerprint density at radius 1 is 1.16 bits per heavy atom. The number of nitrogens with one attached hydrogen (secondary N) is 1. The number of hydrogen-bond donors (Lipinski definition) is 2. The third kappa shape index (κ3) is 6.05. The molecule has 0 bridgehead atoms. The number of benzene rings is 1. The van der Waals surface area contributed by atoms with E-state index in [0.29, 0.717) is 25.9 Å². The van der Waals surface area contributed by atoms with Gasteiger partial charge in [0.1, 0.15) is 12.4 Å². The van der Waals surface area contributed by atoms with Gasteiger partial charge < -0.3 is 19.9 Å². The number of rotatable bonds is 10. The number of aliphatic hydroxyl groups is 1. The van der Waals surface area contributed by atoms with E-state index in [-0.39, 0.29) is 12.6 Å². The second-order valence-corrected chi connectivity index (χ2v) is 4.88. The van der Waals surface area contributed by atoms with E-state index in [1.807, 2.05) is 30.3 Å². The Bertz CT molecular complexity index is 341. The first-order valence-electron chi connectivity index (χ1n) is 7.01. The van der Waals surface area contributed by atoms with Crippen LogP contribution in [0.4, 0.5) is 0 Å². The average molecular weight is 265 g/mol. The Morgan fingerprint density at radius 3 is 2.63 bits per heavy atom. The smallest absolute Gasteiger partial charge is 0.119 e. The van der Waals surface area contributed by atoms with Crippen molar-refractivity contribution in [1.29, 1.82) is 0 Å². The lowest BCUT2D eigenvalue weighted by Gasteiger charge is -2.15. The van der Waals surface area contributed by atoms with E-state index in [9.17, 15) is 5.11 Å². The molecule has 1 fully saturated rings. The fourth-order valence-corrected chi connectivity index (χ4v) is 1.87. The number of para-hydroxylation sites is 1. The van der Waals surface area contributed by atoms with Crippen LogP contribution in [0.25, 0.3) is 0 Å². The van der Waals surface area contributed by atoms with Crippen LogP contribution in [0.3, 0.4) is 0 Å². The van der Waals surface area contributed by atoms with Crippen LogP contribution in [0.5, 0.6) is 5.75 Å². The van der Waals surface area contributed by atoms with Gasteiger partial charge in [0.25, 0.3) is 0 Å². The maximum Gasteiger partial charge on any atom is 0.119 e. The third-order valence-corrected chi connectivity index (χ3v) is 3.12. The second kappa shape index (κ2) is 8.15. The maximum atomic E-state index is 9.21. The summed E-state index contributed by atoms with van der Waals surface area (Å²) < 4.78 is 11.0. The zero-order chi connectivity index (χ0) is 13.3. The molecule has 0 saturated heterocycles. The van der Waals surface area contributed by atoms with Gasteiger partial charge in [-0.2, -0.15) is 0 Å². The molecule has 4 heteroatoms. The van der Waals surface area contributed by atoms with Crippen molar-refractivity contribution in [1.82, 2.24) is 5.32 Å². The van der Waals surface area contributed by atoms with Gasteiger partial charge in [0.15, 0.2) is 0 Å². The van der Waals surface area contributed by atoms with Crippen molar-refractivity contribution in [2.24, 2.45) is 0 Å². The predicted octanol–water partition coefficient (Wildman–Crippen LogP) is 1.59. The molecule has 0 spiro atoms. The third-order valence-electron chi connectivity index (χ3n) is 3.12. The molecule has 0 radical (unpaired) electrons. The highest BCUT2D eigenvalue weighted by Gasteiger charge is 2.23. The minimum absolute atomic E-state index is 0.169. The van der Waals surface area contributed by atoms with Crippen molar-refractivity contribution in [3.8, 4) is 5.75 Å². The van der Waals surface area contributed by atoms with E-state index < -0.39 is 0 Å². The minimum Gasteiger partial charge on any atom is -0.491 e. The van der Waals surface area contributed by atoms with Crippen LogP contribution in [0, 0.1) is 0 Å². The molecule has 1 atom stereocenters. The van der Waals surface area contributed by atoms with Crippen LogP contribution in [-0.4, -0.2) is 43.6 Å². The Balaban J connectivity index is 1.47. The summed E-state index contributed by atoms with van der Waals surface area (Å²) in [6, 6.07) is 10.5. The summed E-state index contributed by atoms with van der Waals surface area (Å²) in [4.78, 5) is 0. The van der Waals surface area contributed by atoms with E-state index in [0.717, 1.165) is 12.2 Å². The SMILES string of the molecule is OCC(CCOCCOc1ccccc1)NC1CC1.